The number of ether oxygens (including phenoxy) is 1. The minimum Gasteiger partial charge on any atom is -0.405 e. The van der Waals surface area contributed by atoms with Gasteiger partial charge in [-0.1, -0.05) is 18.2 Å². The van der Waals surface area contributed by atoms with Crippen LogP contribution in [0.1, 0.15) is 0 Å². The van der Waals surface area contributed by atoms with Crippen molar-refractivity contribution in [1.29, 1.82) is 0 Å². The third-order valence-electron chi connectivity index (χ3n) is 1.88. The second kappa shape index (κ2) is 4.25. The van der Waals surface area contributed by atoms with Gasteiger partial charge in [0.2, 0.25) is 0 Å². The van der Waals surface area contributed by atoms with Gasteiger partial charge in [0.15, 0.2) is 5.75 Å². The van der Waals surface area contributed by atoms with Crippen molar-refractivity contribution >= 4 is 0 Å². The molecule has 1 radical (unpaired) electrons. The van der Waals surface area contributed by atoms with E-state index in [0.29, 0.717) is 0 Å². The molecule has 1 aromatic carbocycles. The number of rotatable bonds is 2. The van der Waals surface area contributed by atoms with Gasteiger partial charge in [-0.2, -0.15) is 0 Å². The summed E-state index contributed by atoms with van der Waals surface area (Å²) >= 11 is 0. The Morgan fingerprint density at radius 3 is 2.85 bits per heavy atom. The van der Waals surface area contributed by atoms with E-state index in [1.165, 1.54) is 0 Å². The van der Waals surface area contributed by atoms with E-state index < -0.39 is 0 Å². The van der Waals surface area contributed by atoms with E-state index in [-0.39, 0.29) is 0 Å². The zero-order valence-electron chi connectivity index (χ0n) is 7.40. The number of nitrogens with zero attached hydrogens (tertiary/aromatic N) is 1. The van der Waals surface area contributed by atoms with Crippen LogP contribution in [0.2, 0.25) is 0 Å². The third kappa shape index (κ3) is 2.44. The summed E-state index contributed by atoms with van der Waals surface area (Å²) in [6, 6.07) is 10.6. The van der Waals surface area contributed by atoms with Gasteiger partial charge >= 0.3 is 0 Å². The van der Waals surface area contributed by atoms with Crippen LogP contribution in [0.15, 0.2) is 24.3 Å². The van der Waals surface area contributed by atoms with Crippen molar-refractivity contribution in [3.05, 3.63) is 30.3 Å². The molecule has 1 aliphatic rings. The molecule has 0 N–H and O–H groups in total. The van der Waals surface area contributed by atoms with E-state index in [1.54, 1.807) is 0 Å². The molecule has 0 spiro atoms. The molecule has 3 nitrogen and oxygen atoms in total. The number of morpholine rings is 1. The van der Waals surface area contributed by atoms with Gasteiger partial charge in [0.05, 0.1) is 26.3 Å². The molecule has 0 amide bonds. The molecule has 0 bridgehead atoms. The maximum atomic E-state index is 5.55. The molecule has 2 rings (SSSR count). The molecule has 13 heavy (non-hydrogen) atoms. The van der Waals surface area contributed by atoms with Crippen LogP contribution in [-0.2, 0) is 4.74 Å². The lowest BCUT2D eigenvalue weighted by Crippen LogP contribution is -2.38. The SMILES string of the molecule is [c]1ccccc1ON1CCOCC1. The fourth-order valence-corrected chi connectivity index (χ4v) is 1.21. The Kier molecular flexibility index (Phi) is 2.79. The van der Waals surface area contributed by atoms with Gasteiger partial charge in [-0.05, 0) is 6.07 Å². The van der Waals surface area contributed by atoms with Crippen LogP contribution >= 0.6 is 0 Å². The normalized spacial score (nSPS) is 18.5. The predicted octanol–water partition coefficient (Wildman–Crippen LogP) is 1.11. The maximum Gasteiger partial charge on any atom is 0.155 e. The molecule has 0 atom stereocenters. The highest BCUT2D eigenvalue weighted by Crippen LogP contribution is 2.10. The number of hydroxylamine groups is 2. The Bertz CT molecular complexity index is 244. The van der Waals surface area contributed by atoms with Gasteiger partial charge in [0.25, 0.3) is 0 Å². The summed E-state index contributed by atoms with van der Waals surface area (Å²) in [6.45, 7) is 3.13. The molecule has 0 saturated carbocycles. The highest BCUT2D eigenvalue weighted by Gasteiger charge is 2.11. The summed E-state index contributed by atoms with van der Waals surface area (Å²) in [5.74, 6) is 0.768. The molecule has 1 aliphatic heterocycles. The minimum atomic E-state index is 0.743. The monoisotopic (exact) mass is 178 g/mol. The number of hydrogen-bond acceptors (Lipinski definition) is 3. The highest BCUT2D eigenvalue weighted by molar-refractivity contribution is 5.18. The van der Waals surface area contributed by atoms with E-state index in [1.807, 2.05) is 29.3 Å². The fourth-order valence-electron chi connectivity index (χ4n) is 1.21. The molecule has 1 heterocycles. The Morgan fingerprint density at radius 2 is 2.15 bits per heavy atom. The van der Waals surface area contributed by atoms with Crippen molar-refractivity contribution in [1.82, 2.24) is 5.06 Å². The Hall–Kier alpha value is -1.06. The Labute approximate surface area is 77.8 Å². The average Bonchev–Trinajstić information content (AvgIpc) is 2.21. The van der Waals surface area contributed by atoms with Crippen LogP contribution in [0.5, 0.6) is 5.75 Å². The van der Waals surface area contributed by atoms with E-state index in [9.17, 15) is 0 Å². The van der Waals surface area contributed by atoms with E-state index in [2.05, 4.69) is 6.07 Å². The molecule has 1 fully saturated rings. The minimum absolute atomic E-state index is 0.743. The molecular formula is C10H12NO2. The van der Waals surface area contributed by atoms with Crippen molar-refractivity contribution in [2.24, 2.45) is 0 Å². The molecule has 3 heteroatoms. The fraction of sp³-hybridized carbons (Fsp3) is 0.400. The smallest absolute Gasteiger partial charge is 0.155 e. The topological polar surface area (TPSA) is 21.7 Å². The predicted molar refractivity (Wildman–Crippen MR) is 48.3 cm³/mol. The first kappa shape index (κ1) is 8.53. The van der Waals surface area contributed by atoms with E-state index in [0.717, 1.165) is 32.1 Å². The molecular weight excluding hydrogens is 166 g/mol. The second-order valence-electron chi connectivity index (χ2n) is 2.86. The highest BCUT2D eigenvalue weighted by atomic mass is 16.7. The van der Waals surface area contributed by atoms with Crippen LogP contribution in [0.25, 0.3) is 0 Å². The van der Waals surface area contributed by atoms with Crippen LogP contribution in [0.3, 0.4) is 0 Å². The summed E-state index contributed by atoms with van der Waals surface area (Å²) in [7, 11) is 0. The Balaban J connectivity index is 1.90. The Morgan fingerprint density at radius 1 is 1.31 bits per heavy atom. The van der Waals surface area contributed by atoms with Gasteiger partial charge in [-0.15, -0.1) is 5.06 Å². The molecule has 0 unspecified atom stereocenters. The third-order valence-corrected chi connectivity index (χ3v) is 1.88. The summed E-state index contributed by atoms with van der Waals surface area (Å²) in [5.41, 5.74) is 0. The zero-order chi connectivity index (χ0) is 8.93. The first-order chi connectivity index (χ1) is 6.45. The summed E-state index contributed by atoms with van der Waals surface area (Å²) in [6.07, 6.45) is 0. The quantitative estimate of drug-likeness (QED) is 0.677. The lowest BCUT2D eigenvalue weighted by atomic mass is 10.3. The molecule has 1 aromatic rings. The lowest BCUT2D eigenvalue weighted by molar-refractivity contribution is -0.118. The number of benzene rings is 1. The van der Waals surface area contributed by atoms with E-state index >= 15 is 0 Å². The van der Waals surface area contributed by atoms with Crippen molar-refractivity contribution in [3.63, 3.8) is 0 Å². The molecule has 69 valence electrons. The zero-order valence-corrected chi connectivity index (χ0v) is 7.40. The van der Waals surface area contributed by atoms with Crippen LogP contribution in [-0.4, -0.2) is 31.4 Å². The van der Waals surface area contributed by atoms with Gasteiger partial charge in [0, 0.05) is 6.07 Å². The largest absolute Gasteiger partial charge is 0.405 e. The standard InChI is InChI=1S/C10H12NO2/c1-2-4-10(5-3-1)13-11-6-8-12-9-7-11/h1-4H,6-9H2. The van der Waals surface area contributed by atoms with Crippen molar-refractivity contribution in [3.8, 4) is 5.75 Å². The summed E-state index contributed by atoms with van der Waals surface area (Å²) in [5, 5.41) is 1.90. The van der Waals surface area contributed by atoms with Gasteiger partial charge < -0.3 is 9.57 Å². The molecule has 1 saturated heterocycles. The van der Waals surface area contributed by atoms with Gasteiger partial charge in [-0.3, -0.25) is 0 Å². The van der Waals surface area contributed by atoms with Gasteiger partial charge in [0.1, 0.15) is 0 Å². The van der Waals surface area contributed by atoms with Crippen molar-refractivity contribution < 1.29 is 9.57 Å². The molecule has 0 aromatic heterocycles. The number of hydrogen-bond donors (Lipinski definition) is 0. The molecule has 0 aliphatic carbocycles. The maximum absolute atomic E-state index is 5.55. The van der Waals surface area contributed by atoms with Crippen molar-refractivity contribution in [2.45, 2.75) is 0 Å². The lowest BCUT2D eigenvalue weighted by Gasteiger charge is -2.25. The summed E-state index contributed by atoms with van der Waals surface area (Å²) < 4.78 is 5.21. The summed E-state index contributed by atoms with van der Waals surface area (Å²) in [4.78, 5) is 5.55. The van der Waals surface area contributed by atoms with Crippen LogP contribution in [0.4, 0.5) is 0 Å². The van der Waals surface area contributed by atoms with Crippen LogP contribution in [0, 0.1) is 6.07 Å². The second-order valence-corrected chi connectivity index (χ2v) is 2.86. The van der Waals surface area contributed by atoms with E-state index in [4.69, 9.17) is 9.57 Å². The van der Waals surface area contributed by atoms with Crippen LogP contribution < -0.4 is 4.84 Å². The van der Waals surface area contributed by atoms with Gasteiger partial charge in [-0.25, -0.2) is 0 Å². The first-order valence-electron chi connectivity index (χ1n) is 4.42. The first-order valence-corrected chi connectivity index (χ1v) is 4.42. The number of para-hydroxylation sites is 1. The average molecular weight is 178 g/mol. The van der Waals surface area contributed by atoms with Crippen molar-refractivity contribution in [2.75, 3.05) is 26.3 Å².